The maximum Gasteiger partial charge on any atom is 0.408 e. The molecule has 2 saturated heterocycles. The summed E-state index contributed by atoms with van der Waals surface area (Å²) in [5.41, 5.74) is 4.19. The van der Waals surface area contributed by atoms with Crippen molar-refractivity contribution >= 4 is 59.0 Å². The number of alkyl carbamates (subject to hydrolysis) is 1. The van der Waals surface area contributed by atoms with Gasteiger partial charge in [-0.2, -0.15) is 0 Å². The van der Waals surface area contributed by atoms with Crippen molar-refractivity contribution in [3.8, 4) is 0 Å². The number of aromatic amines is 1. The number of H-pyrrole nitrogens is 1. The average Bonchev–Trinajstić information content (AvgIpc) is 1.86. The monoisotopic (exact) mass is 1250 g/mol. The van der Waals surface area contributed by atoms with Gasteiger partial charge in [-0.1, -0.05) is 74.3 Å². The number of fused-ring (bicyclic) bond motifs is 1. The SMILES string of the molecule is CCC(C)C(CCCC(C)C(=O)CNC(=O)C(C(C)C)N(C)CCCC(=O)OCC(NC(=O)OC(C)(C)C)C(=O)NCCC(=O)NC(C)(CC)CC)C(CC(=O)N1CCCC1C(OC)C(C)C(=O)NCC(=C1CC=Cc2[nH]cc(C)c21)N1CCCCO1)OC. The molecule has 1 aromatic heterocycles. The molecule has 1 aromatic rings. The molecule has 22 heteroatoms. The van der Waals surface area contributed by atoms with Gasteiger partial charge in [-0.15, -0.1) is 0 Å². The molecule has 6 N–H and O–H groups in total. The van der Waals surface area contributed by atoms with Crippen molar-refractivity contribution in [3.05, 3.63) is 34.8 Å². The van der Waals surface area contributed by atoms with Crippen LogP contribution in [0.3, 0.4) is 0 Å². The highest BCUT2D eigenvalue weighted by Gasteiger charge is 2.42. The Hall–Kier alpha value is -5.84. The Morgan fingerprint density at radius 3 is 2.18 bits per heavy atom. The van der Waals surface area contributed by atoms with E-state index in [1.165, 1.54) is 0 Å². The number of hydrogen-bond donors (Lipinski definition) is 6. The number of Topliss-reactive ketones (excluding diaryl/α,β-unsaturated/α-hetero) is 1. The summed E-state index contributed by atoms with van der Waals surface area (Å²) in [6.45, 7) is 26.9. The lowest BCUT2D eigenvalue weighted by molar-refractivity contribution is -0.155. The number of hydroxylamine groups is 2. The van der Waals surface area contributed by atoms with Gasteiger partial charge in [0.1, 0.15) is 18.2 Å². The lowest BCUT2D eigenvalue weighted by atomic mass is 9.81. The molecule has 1 aliphatic carbocycles. The Labute approximate surface area is 531 Å². The minimum atomic E-state index is -1.29. The van der Waals surface area contributed by atoms with Crippen molar-refractivity contribution in [2.45, 2.75) is 228 Å². The molecular weight excluding hydrogens is 1140 g/mol. The number of carbonyl (C=O) groups is 8. The van der Waals surface area contributed by atoms with Crippen LogP contribution >= 0.6 is 0 Å². The number of ether oxygens (including phenoxy) is 4. The Kier molecular flexibility index (Phi) is 31.3. The Bertz CT molecular complexity index is 2530. The number of nitrogens with zero attached hydrogens (tertiary/aromatic N) is 3. The van der Waals surface area contributed by atoms with Gasteiger partial charge in [0.25, 0.3) is 0 Å². The van der Waals surface area contributed by atoms with E-state index in [-0.39, 0.29) is 103 Å². The number of nitrogens with one attached hydrogen (secondary N) is 6. The topological polar surface area (TPSA) is 268 Å². The molecule has 2 aliphatic heterocycles. The molecule has 504 valence electrons. The summed E-state index contributed by atoms with van der Waals surface area (Å²) in [6.07, 6.45) is 13.5. The number of rotatable bonds is 37. The molecule has 3 heterocycles. The van der Waals surface area contributed by atoms with E-state index in [1.54, 1.807) is 42.0 Å². The zero-order valence-corrected chi connectivity index (χ0v) is 56.9. The second kappa shape index (κ2) is 36.9. The summed E-state index contributed by atoms with van der Waals surface area (Å²) >= 11 is 0. The van der Waals surface area contributed by atoms with Crippen molar-refractivity contribution < 1.29 is 62.1 Å². The van der Waals surface area contributed by atoms with Crippen molar-refractivity contribution in [3.63, 3.8) is 0 Å². The number of ketones is 1. The highest BCUT2D eigenvalue weighted by atomic mass is 16.7. The summed E-state index contributed by atoms with van der Waals surface area (Å²) in [7, 11) is 5.05. The van der Waals surface area contributed by atoms with E-state index in [1.807, 2.05) is 69.5 Å². The lowest BCUT2D eigenvalue weighted by Crippen LogP contribution is -2.51. The zero-order valence-electron chi connectivity index (χ0n) is 56.9. The molecule has 2 fully saturated rings. The molecule has 9 atom stereocenters. The molecule has 89 heavy (non-hydrogen) atoms. The van der Waals surface area contributed by atoms with Crippen molar-refractivity contribution in [2.75, 3.05) is 73.7 Å². The van der Waals surface area contributed by atoms with Gasteiger partial charge in [0.05, 0.1) is 62.0 Å². The van der Waals surface area contributed by atoms with Gasteiger partial charge in [0.15, 0.2) is 5.78 Å². The van der Waals surface area contributed by atoms with Crippen LogP contribution < -0.4 is 26.6 Å². The van der Waals surface area contributed by atoms with Crippen LogP contribution in [-0.2, 0) is 57.3 Å². The van der Waals surface area contributed by atoms with Gasteiger partial charge in [-0.25, -0.2) is 4.79 Å². The largest absolute Gasteiger partial charge is 0.463 e. The fraction of sp³-hybridized carbons (Fsp3) is 0.761. The molecule has 22 nitrogen and oxygen atoms in total. The molecule has 0 spiro atoms. The van der Waals surface area contributed by atoms with Gasteiger partial charge in [-0.05, 0) is 147 Å². The molecule has 0 aromatic carbocycles. The van der Waals surface area contributed by atoms with Crippen LogP contribution in [0.1, 0.15) is 196 Å². The average molecular weight is 1250 g/mol. The highest BCUT2D eigenvalue weighted by molar-refractivity contribution is 5.90. The van der Waals surface area contributed by atoms with E-state index in [0.29, 0.717) is 51.9 Å². The van der Waals surface area contributed by atoms with E-state index in [4.69, 9.17) is 23.8 Å². The third kappa shape index (κ3) is 23.4. The fourth-order valence-electron chi connectivity index (χ4n) is 12.4. The number of esters is 1. The van der Waals surface area contributed by atoms with Gasteiger partial charge in [0, 0.05) is 75.6 Å². The van der Waals surface area contributed by atoms with Gasteiger partial charge < -0.3 is 55.4 Å². The molecule has 0 radical (unpaired) electrons. The number of likely N-dealkylation sites (tertiary alicyclic amines) is 1. The number of allylic oxidation sites excluding steroid dienone is 2. The van der Waals surface area contributed by atoms with Crippen molar-refractivity contribution in [2.24, 2.45) is 29.6 Å². The van der Waals surface area contributed by atoms with Crippen LogP contribution in [0, 0.1) is 36.5 Å². The smallest absolute Gasteiger partial charge is 0.408 e. The van der Waals surface area contributed by atoms with E-state index in [2.05, 4.69) is 64.5 Å². The first-order valence-electron chi connectivity index (χ1n) is 33.0. The number of aryl methyl sites for hydroxylation is 1. The summed E-state index contributed by atoms with van der Waals surface area (Å²) < 4.78 is 23.1. The van der Waals surface area contributed by atoms with Crippen molar-refractivity contribution in [1.29, 1.82) is 0 Å². The molecular formula is C67H113N9O13. The quantitative estimate of drug-likeness (QED) is 0.0343. The number of methoxy groups -OCH3 is 2. The standard InChI is InChI=1S/C67H113N9O13/c1-17-44(6)48(55(85-15)38-57(79)75-35-24-30-52(75)61(86-16)47(9)62(81)70-40-53(76-36-20-21-37-88-76)49-28-23-29-50-59(49)46(8)39-69-50)27-22-26-45(7)54(77)41-71-64(83)60(43(4)5)74(14)34-25-31-58(80)87-42-51(72-65(84)89-66(10,11)12)63(82)68-33-32-56(78)73-67(13,18-2)19-3/h23,29,39,43-45,47-48,51-52,55,60-61,69H,17-22,24-28,30-38,40-42H2,1-16H3,(H,68,82)(H,70,81)(H,71,83)(H,72,84)(H,73,78). The predicted octanol–water partition coefficient (Wildman–Crippen LogP) is 8.17. The summed E-state index contributed by atoms with van der Waals surface area (Å²) in [5.74, 6) is -2.86. The minimum Gasteiger partial charge on any atom is -0.463 e. The first kappa shape index (κ1) is 75.6. The van der Waals surface area contributed by atoms with Crippen LogP contribution in [0.2, 0.25) is 0 Å². The number of aromatic nitrogens is 1. The molecule has 3 aliphatic rings. The first-order chi connectivity index (χ1) is 42.1. The van der Waals surface area contributed by atoms with Crippen LogP contribution in [0.4, 0.5) is 4.79 Å². The third-order valence-corrected chi connectivity index (χ3v) is 18.3. The number of hydrogen-bond acceptors (Lipinski definition) is 15. The molecule has 0 bridgehead atoms. The summed E-state index contributed by atoms with van der Waals surface area (Å²) in [4.78, 5) is 121. The van der Waals surface area contributed by atoms with Crippen molar-refractivity contribution in [1.82, 2.24) is 46.4 Å². The van der Waals surface area contributed by atoms with Crippen LogP contribution in [-0.4, -0.2) is 182 Å². The van der Waals surface area contributed by atoms with Gasteiger partial charge >= 0.3 is 12.1 Å². The Morgan fingerprint density at radius 1 is 0.843 bits per heavy atom. The fourth-order valence-corrected chi connectivity index (χ4v) is 12.4. The highest BCUT2D eigenvalue weighted by Crippen LogP contribution is 2.36. The maximum absolute atomic E-state index is 14.4. The second-order valence-electron chi connectivity index (χ2n) is 26.5. The Morgan fingerprint density at radius 2 is 1.55 bits per heavy atom. The Balaban J connectivity index is 1.26. The minimum absolute atomic E-state index is 0.00449. The van der Waals surface area contributed by atoms with Crippen LogP contribution in [0.5, 0.6) is 0 Å². The van der Waals surface area contributed by atoms with E-state index in [9.17, 15) is 38.4 Å². The normalized spacial score (nSPS) is 18.6. The number of amides is 6. The van der Waals surface area contributed by atoms with E-state index in [0.717, 1.165) is 86.0 Å². The maximum atomic E-state index is 14.4. The molecule has 9 unspecified atom stereocenters. The summed E-state index contributed by atoms with van der Waals surface area (Å²) in [6, 6.07) is -2.19. The summed E-state index contributed by atoms with van der Waals surface area (Å²) in [5, 5.41) is 16.2. The second-order valence-corrected chi connectivity index (χ2v) is 26.5. The predicted molar refractivity (Wildman–Crippen MR) is 344 cm³/mol. The zero-order chi connectivity index (χ0) is 66.2. The lowest BCUT2D eigenvalue weighted by Gasteiger charge is -2.36. The molecule has 6 amide bonds. The molecule has 0 saturated carbocycles. The van der Waals surface area contributed by atoms with Crippen LogP contribution in [0.15, 0.2) is 18.0 Å². The number of carbonyl (C=O) groups excluding carboxylic acids is 8. The van der Waals surface area contributed by atoms with E-state index < -0.39 is 54.3 Å². The third-order valence-electron chi connectivity index (χ3n) is 18.3. The molecule has 4 rings (SSSR count). The van der Waals surface area contributed by atoms with E-state index >= 15 is 0 Å². The first-order valence-corrected chi connectivity index (χ1v) is 33.0. The van der Waals surface area contributed by atoms with Gasteiger partial charge in [0.2, 0.25) is 29.5 Å². The van der Waals surface area contributed by atoms with Crippen LogP contribution in [0.25, 0.3) is 11.6 Å². The van der Waals surface area contributed by atoms with Gasteiger partial charge in [-0.3, -0.25) is 48.4 Å². The number of likely N-dealkylation sites (N-methyl/N-ethyl adjacent to an activating group) is 1.